The van der Waals surface area contributed by atoms with Gasteiger partial charge in [-0.15, -0.1) is 0 Å². The van der Waals surface area contributed by atoms with E-state index in [4.69, 9.17) is 9.84 Å². The topological polar surface area (TPSA) is 70.6 Å². The summed E-state index contributed by atoms with van der Waals surface area (Å²) in [7, 11) is 1.50. The molecule has 0 fully saturated rings. The Morgan fingerprint density at radius 3 is 2.83 bits per heavy atom. The maximum atomic E-state index is 13.2. The van der Waals surface area contributed by atoms with Gasteiger partial charge in [0.1, 0.15) is 5.82 Å². The fraction of sp³-hybridized carbons (Fsp3) is 0.417. The SMILES string of the molecule is COCC(CO)NCC(=O)Nc1ccccc1F. The molecule has 1 atom stereocenters. The summed E-state index contributed by atoms with van der Waals surface area (Å²) in [5.74, 6) is -0.865. The lowest BCUT2D eigenvalue weighted by molar-refractivity contribution is -0.115. The van der Waals surface area contributed by atoms with Crippen LogP contribution in [-0.4, -0.2) is 43.9 Å². The highest BCUT2D eigenvalue weighted by Crippen LogP contribution is 2.11. The van der Waals surface area contributed by atoms with E-state index < -0.39 is 5.82 Å². The number of nitrogens with one attached hydrogen (secondary N) is 2. The van der Waals surface area contributed by atoms with E-state index in [1.54, 1.807) is 12.1 Å². The van der Waals surface area contributed by atoms with Crippen LogP contribution in [0.5, 0.6) is 0 Å². The largest absolute Gasteiger partial charge is 0.395 e. The summed E-state index contributed by atoms with van der Waals surface area (Å²) in [6.07, 6.45) is 0. The van der Waals surface area contributed by atoms with E-state index in [2.05, 4.69) is 10.6 Å². The van der Waals surface area contributed by atoms with Gasteiger partial charge in [-0.1, -0.05) is 12.1 Å². The van der Waals surface area contributed by atoms with Crippen LogP contribution in [0, 0.1) is 5.82 Å². The summed E-state index contributed by atoms with van der Waals surface area (Å²) in [6.45, 7) is 0.132. The fourth-order valence-electron chi connectivity index (χ4n) is 1.37. The molecule has 0 spiro atoms. The van der Waals surface area contributed by atoms with Crippen LogP contribution in [0.15, 0.2) is 24.3 Å². The molecule has 0 bridgehead atoms. The fourth-order valence-corrected chi connectivity index (χ4v) is 1.37. The second-order valence-electron chi connectivity index (χ2n) is 3.74. The molecule has 0 aliphatic carbocycles. The van der Waals surface area contributed by atoms with Crippen LogP contribution in [-0.2, 0) is 9.53 Å². The molecule has 1 aromatic carbocycles. The quantitative estimate of drug-likeness (QED) is 0.659. The summed E-state index contributed by atoms with van der Waals surface area (Å²) in [6, 6.07) is 5.61. The van der Waals surface area contributed by atoms with Crippen molar-refractivity contribution in [3.63, 3.8) is 0 Å². The number of rotatable bonds is 7. The number of para-hydroxylation sites is 1. The maximum absolute atomic E-state index is 13.2. The third kappa shape index (κ3) is 4.79. The summed E-state index contributed by atoms with van der Waals surface area (Å²) in [5.41, 5.74) is 0.136. The molecular weight excluding hydrogens is 239 g/mol. The van der Waals surface area contributed by atoms with Crippen molar-refractivity contribution in [1.82, 2.24) is 5.32 Å². The first-order chi connectivity index (χ1) is 8.67. The zero-order valence-corrected chi connectivity index (χ0v) is 10.1. The van der Waals surface area contributed by atoms with Gasteiger partial charge in [-0.2, -0.15) is 0 Å². The monoisotopic (exact) mass is 256 g/mol. The number of anilines is 1. The van der Waals surface area contributed by atoms with Crippen LogP contribution < -0.4 is 10.6 Å². The van der Waals surface area contributed by atoms with Crippen molar-refractivity contribution in [2.45, 2.75) is 6.04 Å². The second kappa shape index (κ2) is 7.75. The van der Waals surface area contributed by atoms with Gasteiger partial charge in [0.15, 0.2) is 0 Å². The molecule has 1 aromatic rings. The van der Waals surface area contributed by atoms with Gasteiger partial charge in [0.25, 0.3) is 0 Å². The molecule has 18 heavy (non-hydrogen) atoms. The van der Waals surface area contributed by atoms with Crippen molar-refractivity contribution in [3.05, 3.63) is 30.1 Å². The molecule has 1 unspecified atom stereocenters. The van der Waals surface area contributed by atoms with Gasteiger partial charge in [-0.05, 0) is 12.1 Å². The van der Waals surface area contributed by atoms with Gasteiger partial charge in [0, 0.05) is 7.11 Å². The number of ether oxygens (including phenoxy) is 1. The minimum absolute atomic E-state index is 0.0249. The Morgan fingerprint density at radius 2 is 2.22 bits per heavy atom. The molecule has 0 aliphatic rings. The standard InChI is InChI=1S/C12H17FN2O3/c1-18-8-9(7-16)14-6-12(17)15-11-5-3-2-4-10(11)13/h2-5,9,14,16H,6-8H2,1H3,(H,15,17). The molecule has 0 aliphatic heterocycles. The van der Waals surface area contributed by atoms with E-state index >= 15 is 0 Å². The maximum Gasteiger partial charge on any atom is 0.238 e. The van der Waals surface area contributed by atoms with E-state index in [-0.39, 0.29) is 30.8 Å². The lowest BCUT2D eigenvalue weighted by Gasteiger charge is -2.14. The minimum atomic E-state index is -0.485. The van der Waals surface area contributed by atoms with Crippen LogP contribution in [0.25, 0.3) is 0 Å². The lowest BCUT2D eigenvalue weighted by Crippen LogP contribution is -2.41. The smallest absolute Gasteiger partial charge is 0.238 e. The number of aliphatic hydroxyl groups is 1. The third-order valence-electron chi connectivity index (χ3n) is 2.29. The molecule has 0 saturated carbocycles. The minimum Gasteiger partial charge on any atom is -0.395 e. The predicted molar refractivity (Wildman–Crippen MR) is 65.8 cm³/mol. The molecular formula is C12H17FN2O3. The number of halogens is 1. The van der Waals surface area contributed by atoms with E-state index in [1.165, 1.54) is 19.2 Å². The second-order valence-corrected chi connectivity index (χ2v) is 3.74. The number of benzene rings is 1. The highest BCUT2D eigenvalue weighted by Gasteiger charge is 2.10. The molecule has 0 radical (unpaired) electrons. The molecule has 3 N–H and O–H groups in total. The third-order valence-corrected chi connectivity index (χ3v) is 2.29. The first-order valence-corrected chi connectivity index (χ1v) is 5.55. The van der Waals surface area contributed by atoms with Crippen molar-refractivity contribution < 1.29 is 19.0 Å². The molecule has 100 valence electrons. The van der Waals surface area contributed by atoms with E-state index in [9.17, 15) is 9.18 Å². The summed E-state index contributed by atoms with van der Waals surface area (Å²) in [5, 5.41) is 14.2. The molecule has 0 aromatic heterocycles. The molecule has 1 amide bonds. The van der Waals surface area contributed by atoms with Crippen LogP contribution in [0.2, 0.25) is 0 Å². The Balaban J connectivity index is 2.40. The Morgan fingerprint density at radius 1 is 1.50 bits per heavy atom. The zero-order chi connectivity index (χ0) is 13.4. The first kappa shape index (κ1) is 14.6. The highest BCUT2D eigenvalue weighted by atomic mass is 19.1. The molecule has 0 saturated heterocycles. The Labute approximate surface area is 105 Å². The Kier molecular flexibility index (Phi) is 6.27. The van der Waals surface area contributed by atoms with Crippen molar-refractivity contribution in [2.24, 2.45) is 0 Å². The highest BCUT2D eigenvalue weighted by molar-refractivity contribution is 5.92. The number of carbonyl (C=O) groups excluding carboxylic acids is 1. The van der Waals surface area contributed by atoms with Crippen LogP contribution in [0.4, 0.5) is 10.1 Å². The summed E-state index contributed by atoms with van der Waals surface area (Å²) >= 11 is 0. The number of amides is 1. The average Bonchev–Trinajstić information content (AvgIpc) is 2.37. The van der Waals surface area contributed by atoms with E-state index in [0.29, 0.717) is 6.61 Å². The van der Waals surface area contributed by atoms with Gasteiger partial charge in [0.05, 0.1) is 31.5 Å². The predicted octanol–water partition coefficient (Wildman–Crippen LogP) is 0.361. The number of methoxy groups -OCH3 is 1. The van der Waals surface area contributed by atoms with Gasteiger partial charge in [0.2, 0.25) is 5.91 Å². The van der Waals surface area contributed by atoms with Gasteiger partial charge >= 0.3 is 0 Å². The van der Waals surface area contributed by atoms with Crippen LogP contribution >= 0.6 is 0 Å². The molecule has 5 nitrogen and oxygen atoms in total. The van der Waals surface area contributed by atoms with Crippen molar-refractivity contribution >= 4 is 11.6 Å². The average molecular weight is 256 g/mol. The lowest BCUT2D eigenvalue weighted by atomic mass is 10.3. The van der Waals surface area contributed by atoms with Crippen molar-refractivity contribution in [1.29, 1.82) is 0 Å². The first-order valence-electron chi connectivity index (χ1n) is 5.55. The Bertz CT molecular complexity index is 387. The number of aliphatic hydroxyl groups excluding tert-OH is 1. The van der Waals surface area contributed by atoms with Crippen LogP contribution in [0.1, 0.15) is 0 Å². The summed E-state index contributed by atoms with van der Waals surface area (Å²) in [4.78, 5) is 11.5. The van der Waals surface area contributed by atoms with Gasteiger partial charge in [-0.3, -0.25) is 4.79 Å². The summed E-state index contributed by atoms with van der Waals surface area (Å²) < 4.78 is 18.1. The Hall–Kier alpha value is -1.50. The number of hydrogen-bond donors (Lipinski definition) is 3. The van der Waals surface area contributed by atoms with Crippen molar-refractivity contribution in [3.8, 4) is 0 Å². The zero-order valence-electron chi connectivity index (χ0n) is 10.1. The molecule has 6 heteroatoms. The van der Waals surface area contributed by atoms with Gasteiger partial charge in [-0.25, -0.2) is 4.39 Å². The van der Waals surface area contributed by atoms with Crippen LogP contribution in [0.3, 0.4) is 0 Å². The molecule has 0 heterocycles. The van der Waals surface area contributed by atoms with E-state index in [1.807, 2.05) is 0 Å². The normalized spacial score (nSPS) is 12.2. The van der Waals surface area contributed by atoms with E-state index in [0.717, 1.165) is 0 Å². The number of hydrogen-bond acceptors (Lipinski definition) is 4. The number of carbonyl (C=O) groups is 1. The van der Waals surface area contributed by atoms with Gasteiger partial charge < -0.3 is 20.5 Å². The molecule has 1 rings (SSSR count). The van der Waals surface area contributed by atoms with Crippen molar-refractivity contribution in [2.75, 3.05) is 32.2 Å².